The lowest BCUT2D eigenvalue weighted by atomic mass is 10.0. The first-order valence-corrected chi connectivity index (χ1v) is 38.4. The van der Waals surface area contributed by atoms with Crippen molar-refractivity contribution >= 4 is 11.9 Å². The maximum Gasteiger partial charge on any atom is 0.305 e. The van der Waals surface area contributed by atoms with Crippen LogP contribution in [0.25, 0.3) is 0 Å². The number of aliphatic hydroxyl groups is 2. The molecule has 0 aromatic rings. The zero-order chi connectivity index (χ0) is 61.3. The number of unbranched alkanes of at least 4 members (excludes halogenated alkanes) is 55. The van der Waals surface area contributed by atoms with Crippen LogP contribution < -0.4 is 5.32 Å². The van der Waals surface area contributed by atoms with Crippen LogP contribution >= 0.6 is 0 Å². The van der Waals surface area contributed by atoms with Gasteiger partial charge in [-0.25, -0.2) is 0 Å². The molecule has 0 saturated carbocycles. The van der Waals surface area contributed by atoms with Crippen molar-refractivity contribution < 1.29 is 24.5 Å². The highest BCUT2D eigenvalue weighted by Crippen LogP contribution is 2.19. The molecule has 0 fully saturated rings. The van der Waals surface area contributed by atoms with Gasteiger partial charge in [-0.15, -0.1) is 0 Å². The number of rotatable bonds is 72. The van der Waals surface area contributed by atoms with E-state index in [2.05, 4.69) is 55.6 Å². The fraction of sp³-hybridized carbons (Fsp3) is 0.873. The van der Waals surface area contributed by atoms with Gasteiger partial charge in [-0.05, 0) is 89.9 Å². The molecule has 1 amide bonds. The number of esters is 1. The summed E-state index contributed by atoms with van der Waals surface area (Å²) in [6, 6.07) is -0.625. The summed E-state index contributed by atoms with van der Waals surface area (Å²) in [5.74, 6) is -0.0484. The van der Waals surface area contributed by atoms with Crippen molar-refractivity contribution in [2.24, 2.45) is 0 Å². The summed E-state index contributed by atoms with van der Waals surface area (Å²) in [6.45, 7) is 4.90. The summed E-state index contributed by atoms with van der Waals surface area (Å²) in [5, 5.41) is 23.2. The highest BCUT2D eigenvalue weighted by Gasteiger charge is 2.18. The van der Waals surface area contributed by atoms with Gasteiger partial charge in [-0.2, -0.15) is 0 Å². The number of carbonyl (C=O) groups is 2. The average molecular weight is 1190 g/mol. The average Bonchev–Trinajstić information content (AvgIpc) is 3.52. The second-order valence-electron chi connectivity index (χ2n) is 26.3. The highest BCUT2D eigenvalue weighted by molar-refractivity contribution is 5.76. The van der Waals surface area contributed by atoms with E-state index in [0.29, 0.717) is 19.4 Å². The van der Waals surface area contributed by atoms with Gasteiger partial charge in [0.1, 0.15) is 0 Å². The zero-order valence-corrected chi connectivity index (χ0v) is 57.4. The number of ether oxygens (including phenoxy) is 1. The normalized spacial score (nSPS) is 12.8. The fourth-order valence-electron chi connectivity index (χ4n) is 12.0. The molecule has 0 heterocycles. The number of hydrogen-bond donors (Lipinski definition) is 3. The smallest absolute Gasteiger partial charge is 0.305 e. The molecule has 2 atom stereocenters. The van der Waals surface area contributed by atoms with E-state index in [9.17, 15) is 19.8 Å². The molecule has 6 heteroatoms. The van der Waals surface area contributed by atoms with E-state index >= 15 is 0 Å². The third-order valence-electron chi connectivity index (χ3n) is 17.8. The summed E-state index contributed by atoms with van der Waals surface area (Å²) in [5.41, 5.74) is 0. The molecule has 0 saturated heterocycles. The third kappa shape index (κ3) is 70.8. The van der Waals surface area contributed by atoms with Crippen LogP contribution in [0.2, 0.25) is 0 Å². The third-order valence-corrected chi connectivity index (χ3v) is 17.8. The second-order valence-corrected chi connectivity index (χ2v) is 26.3. The SMILES string of the molecule is CCCCC/C=C\C/C=C\CCCCCCCCCC(=O)OCCCCCCCCCCCCCCCCCC/C=C\CCCCCCCCCCCCCCCCCCCC(=O)NC(CO)C(O)/C=C/CCCCCCCCCCCCCC. The van der Waals surface area contributed by atoms with Crippen molar-refractivity contribution in [3.63, 3.8) is 0 Å². The summed E-state index contributed by atoms with van der Waals surface area (Å²) < 4.78 is 5.50. The van der Waals surface area contributed by atoms with Crippen LogP contribution in [0.1, 0.15) is 418 Å². The lowest BCUT2D eigenvalue weighted by Crippen LogP contribution is -2.45. The Hall–Kier alpha value is -2.18. The molecule has 0 aromatic heterocycles. The first kappa shape index (κ1) is 82.8. The topological polar surface area (TPSA) is 95.9 Å². The summed E-state index contributed by atoms with van der Waals surface area (Å²) in [4.78, 5) is 24.6. The molecule has 500 valence electrons. The molecule has 3 N–H and O–H groups in total. The molecule has 0 aromatic carbocycles. The van der Waals surface area contributed by atoms with E-state index in [-0.39, 0.29) is 18.5 Å². The lowest BCUT2D eigenvalue weighted by molar-refractivity contribution is -0.143. The number of amides is 1. The number of carbonyl (C=O) groups excluding carboxylic acids is 2. The minimum absolute atomic E-state index is 0.0137. The van der Waals surface area contributed by atoms with Crippen molar-refractivity contribution in [1.82, 2.24) is 5.32 Å². The van der Waals surface area contributed by atoms with Gasteiger partial charge in [0.15, 0.2) is 0 Å². The van der Waals surface area contributed by atoms with Crippen LogP contribution in [0, 0.1) is 0 Å². The highest BCUT2D eigenvalue weighted by atomic mass is 16.5. The molecule has 6 nitrogen and oxygen atoms in total. The Balaban J connectivity index is 3.33. The van der Waals surface area contributed by atoms with Gasteiger partial charge in [0.25, 0.3) is 0 Å². The van der Waals surface area contributed by atoms with Gasteiger partial charge in [-0.1, -0.05) is 364 Å². The number of nitrogens with one attached hydrogen (secondary N) is 1. The Kier molecular flexibility index (Phi) is 72.4. The molecule has 0 bridgehead atoms. The van der Waals surface area contributed by atoms with E-state index in [0.717, 1.165) is 51.4 Å². The first-order chi connectivity index (χ1) is 42.0. The Morgan fingerprint density at radius 3 is 0.929 bits per heavy atom. The van der Waals surface area contributed by atoms with Crippen molar-refractivity contribution in [1.29, 1.82) is 0 Å². The van der Waals surface area contributed by atoms with E-state index in [1.165, 1.54) is 340 Å². The summed E-state index contributed by atoms with van der Waals surface area (Å²) in [6.07, 6.45) is 98.0. The zero-order valence-electron chi connectivity index (χ0n) is 57.4. The Morgan fingerprint density at radius 2 is 0.588 bits per heavy atom. The Labute approximate surface area is 531 Å². The van der Waals surface area contributed by atoms with Crippen molar-refractivity contribution in [2.75, 3.05) is 13.2 Å². The standard InChI is InChI=1S/C79H149NO5/c1-3-5-7-9-11-13-15-17-19-41-45-49-53-57-61-65-69-73-79(84)85-74-70-66-62-58-54-50-46-43-40-38-36-34-32-30-28-26-24-22-20-21-23-25-27-29-31-33-35-37-39-42-44-48-52-56-60-64-68-72-78(83)80-76(75-81)77(82)71-67-63-59-55-51-47-18-16-14-12-10-8-6-4-2/h11,13,17,19-20,22,67,71,76-77,81-82H,3-10,12,14-16,18,21,23-66,68-70,72-75H2,1-2H3,(H,80,83)/b13-11-,19-17-,22-20-,71-67+. The summed E-state index contributed by atoms with van der Waals surface area (Å²) >= 11 is 0. The predicted molar refractivity (Wildman–Crippen MR) is 375 cm³/mol. The van der Waals surface area contributed by atoms with E-state index in [1.54, 1.807) is 6.08 Å². The molecule has 0 aliphatic carbocycles. The predicted octanol–water partition coefficient (Wildman–Crippen LogP) is 25.2. The number of hydrogen-bond acceptors (Lipinski definition) is 5. The summed E-state index contributed by atoms with van der Waals surface area (Å²) in [7, 11) is 0. The van der Waals surface area contributed by atoms with Gasteiger partial charge in [0, 0.05) is 12.8 Å². The van der Waals surface area contributed by atoms with Crippen LogP contribution in [-0.4, -0.2) is 47.4 Å². The second kappa shape index (κ2) is 74.3. The van der Waals surface area contributed by atoms with E-state index in [1.807, 2.05) is 6.08 Å². The number of allylic oxidation sites excluding steroid dienone is 7. The Bertz CT molecular complexity index is 1420. The lowest BCUT2D eigenvalue weighted by Gasteiger charge is -2.20. The fourth-order valence-corrected chi connectivity index (χ4v) is 12.0. The van der Waals surface area contributed by atoms with Crippen LogP contribution in [-0.2, 0) is 14.3 Å². The minimum Gasteiger partial charge on any atom is -0.466 e. The van der Waals surface area contributed by atoms with E-state index in [4.69, 9.17) is 4.74 Å². The van der Waals surface area contributed by atoms with Crippen molar-refractivity contribution in [3.05, 3.63) is 48.6 Å². The van der Waals surface area contributed by atoms with Crippen LogP contribution in [0.5, 0.6) is 0 Å². The number of aliphatic hydroxyl groups excluding tert-OH is 2. The molecular formula is C79H149NO5. The molecule has 0 rings (SSSR count). The quantitative estimate of drug-likeness (QED) is 0.0320. The van der Waals surface area contributed by atoms with Crippen LogP contribution in [0.3, 0.4) is 0 Å². The first-order valence-electron chi connectivity index (χ1n) is 38.4. The van der Waals surface area contributed by atoms with E-state index < -0.39 is 12.1 Å². The van der Waals surface area contributed by atoms with Gasteiger partial charge in [-0.3, -0.25) is 9.59 Å². The molecule has 85 heavy (non-hydrogen) atoms. The molecule has 0 spiro atoms. The molecule has 0 aliphatic heterocycles. The Morgan fingerprint density at radius 1 is 0.329 bits per heavy atom. The largest absolute Gasteiger partial charge is 0.466 e. The minimum atomic E-state index is -0.841. The molecule has 0 radical (unpaired) electrons. The monoisotopic (exact) mass is 1190 g/mol. The maximum atomic E-state index is 12.5. The van der Waals surface area contributed by atoms with Crippen molar-refractivity contribution in [3.8, 4) is 0 Å². The van der Waals surface area contributed by atoms with Gasteiger partial charge >= 0.3 is 5.97 Å². The van der Waals surface area contributed by atoms with Crippen LogP contribution in [0.4, 0.5) is 0 Å². The van der Waals surface area contributed by atoms with Gasteiger partial charge in [0.05, 0.1) is 25.4 Å². The van der Waals surface area contributed by atoms with Gasteiger partial charge < -0.3 is 20.3 Å². The molecule has 2 unspecified atom stereocenters. The molecular weight excluding hydrogens is 1040 g/mol. The van der Waals surface area contributed by atoms with Crippen molar-refractivity contribution in [2.45, 2.75) is 431 Å². The molecule has 0 aliphatic rings. The maximum absolute atomic E-state index is 12.5. The van der Waals surface area contributed by atoms with Gasteiger partial charge in [0.2, 0.25) is 5.91 Å². The van der Waals surface area contributed by atoms with Crippen LogP contribution in [0.15, 0.2) is 48.6 Å².